The molecule has 7 heteroatoms. The number of rotatable bonds is 5. The van der Waals surface area contributed by atoms with E-state index < -0.39 is 0 Å². The van der Waals surface area contributed by atoms with Gasteiger partial charge in [-0.05, 0) is 25.1 Å². The maximum Gasteiger partial charge on any atom is 0.267 e. The summed E-state index contributed by atoms with van der Waals surface area (Å²) in [4.78, 5) is 42.0. The molecule has 2 aromatic heterocycles. The van der Waals surface area contributed by atoms with Crippen LogP contribution in [0.4, 0.5) is 0 Å². The van der Waals surface area contributed by atoms with E-state index in [9.17, 15) is 14.4 Å². The molecule has 1 atom stereocenters. The van der Waals surface area contributed by atoms with E-state index in [1.807, 2.05) is 30.3 Å². The Morgan fingerprint density at radius 2 is 1.81 bits per heavy atom. The Morgan fingerprint density at radius 1 is 1.03 bits per heavy atom. The van der Waals surface area contributed by atoms with Gasteiger partial charge in [-0.2, -0.15) is 0 Å². The molecule has 2 aromatic carbocycles. The maximum absolute atomic E-state index is 13.3. The van der Waals surface area contributed by atoms with Crippen molar-refractivity contribution in [1.29, 1.82) is 0 Å². The third kappa shape index (κ3) is 3.53. The minimum Gasteiger partial charge on any atom is -0.350 e. The number of aromatic nitrogens is 2. The van der Waals surface area contributed by atoms with Gasteiger partial charge in [0.15, 0.2) is 5.78 Å². The van der Waals surface area contributed by atoms with Gasteiger partial charge in [0.2, 0.25) is 0 Å². The molecule has 0 aliphatic carbocycles. The van der Waals surface area contributed by atoms with Crippen LogP contribution in [-0.2, 0) is 6.54 Å². The summed E-state index contributed by atoms with van der Waals surface area (Å²) in [6.07, 6.45) is 0.878. The van der Waals surface area contributed by atoms with Gasteiger partial charge in [0.05, 0.1) is 23.0 Å². The number of hydrogen-bond donors (Lipinski definition) is 3. The predicted octanol–water partition coefficient (Wildman–Crippen LogP) is 2.46. The topological polar surface area (TPSA) is 96.0 Å². The number of H-pyrrole nitrogens is 1. The Kier molecular flexibility index (Phi) is 4.88. The lowest BCUT2D eigenvalue weighted by atomic mass is 10.1. The summed E-state index contributed by atoms with van der Waals surface area (Å²) in [6.45, 7) is 1.55. The molecule has 5 rings (SSSR count). The number of carbonyl (C=O) groups is 2. The Hall–Kier alpha value is -3.71. The molecule has 31 heavy (non-hydrogen) atoms. The van der Waals surface area contributed by atoms with Gasteiger partial charge in [-0.3, -0.25) is 19.0 Å². The summed E-state index contributed by atoms with van der Waals surface area (Å²) in [5, 5.41) is 7.40. The average Bonchev–Trinajstić information content (AvgIpc) is 3.47. The molecule has 0 spiro atoms. The van der Waals surface area contributed by atoms with Gasteiger partial charge < -0.3 is 15.6 Å². The average molecular weight is 414 g/mol. The van der Waals surface area contributed by atoms with E-state index in [-0.39, 0.29) is 29.8 Å². The van der Waals surface area contributed by atoms with Gasteiger partial charge in [0.1, 0.15) is 5.69 Å². The zero-order valence-electron chi connectivity index (χ0n) is 16.9. The molecule has 1 amide bonds. The van der Waals surface area contributed by atoms with Crippen LogP contribution in [0.25, 0.3) is 21.8 Å². The van der Waals surface area contributed by atoms with Crippen molar-refractivity contribution in [1.82, 2.24) is 20.2 Å². The first kappa shape index (κ1) is 19.3. The van der Waals surface area contributed by atoms with E-state index >= 15 is 0 Å². The highest BCUT2D eigenvalue weighted by Crippen LogP contribution is 2.23. The van der Waals surface area contributed by atoms with Crippen LogP contribution < -0.4 is 16.2 Å². The zero-order chi connectivity index (χ0) is 21.4. The van der Waals surface area contributed by atoms with Crippen LogP contribution in [0, 0.1) is 0 Å². The highest BCUT2D eigenvalue weighted by molar-refractivity contribution is 6.08. The molecule has 0 radical (unpaired) electrons. The van der Waals surface area contributed by atoms with Crippen LogP contribution in [0.15, 0.2) is 65.5 Å². The van der Waals surface area contributed by atoms with Gasteiger partial charge in [0.25, 0.3) is 11.5 Å². The predicted molar refractivity (Wildman–Crippen MR) is 120 cm³/mol. The lowest BCUT2D eigenvalue weighted by Gasteiger charge is -2.11. The van der Waals surface area contributed by atoms with Crippen molar-refractivity contribution in [2.45, 2.75) is 19.0 Å². The number of fused-ring (bicyclic) bond motifs is 3. The quantitative estimate of drug-likeness (QED) is 0.437. The second-order valence-electron chi connectivity index (χ2n) is 7.83. The van der Waals surface area contributed by atoms with Crippen molar-refractivity contribution in [3.8, 4) is 0 Å². The number of para-hydroxylation sites is 1. The number of benzene rings is 2. The number of carbonyl (C=O) groups excluding carboxylic acids is 2. The van der Waals surface area contributed by atoms with Gasteiger partial charge in [0, 0.05) is 23.5 Å². The van der Waals surface area contributed by atoms with Gasteiger partial charge in [-0.15, -0.1) is 0 Å². The molecule has 1 unspecified atom stereocenters. The minimum absolute atomic E-state index is 0.0697. The summed E-state index contributed by atoms with van der Waals surface area (Å²) in [7, 11) is 0. The van der Waals surface area contributed by atoms with Crippen LogP contribution in [0.1, 0.15) is 27.3 Å². The van der Waals surface area contributed by atoms with Crippen molar-refractivity contribution in [2.24, 2.45) is 0 Å². The Bertz CT molecular complexity index is 1350. The second kappa shape index (κ2) is 7.85. The van der Waals surface area contributed by atoms with Gasteiger partial charge in [-0.25, -0.2) is 0 Å². The lowest BCUT2D eigenvalue weighted by Crippen LogP contribution is -2.36. The van der Waals surface area contributed by atoms with Crippen molar-refractivity contribution in [3.05, 3.63) is 82.3 Å². The van der Waals surface area contributed by atoms with Crippen molar-refractivity contribution in [3.63, 3.8) is 0 Å². The number of pyridine rings is 1. The molecule has 0 bridgehead atoms. The molecule has 3 heterocycles. The van der Waals surface area contributed by atoms with Crippen LogP contribution in [0.5, 0.6) is 0 Å². The Labute approximate surface area is 178 Å². The number of hydrogen-bond acceptors (Lipinski definition) is 4. The summed E-state index contributed by atoms with van der Waals surface area (Å²) < 4.78 is 1.49. The number of aromatic amines is 1. The van der Waals surface area contributed by atoms with Crippen molar-refractivity contribution >= 4 is 33.5 Å². The van der Waals surface area contributed by atoms with E-state index in [1.165, 1.54) is 4.57 Å². The first-order valence-corrected chi connectivity index (χ1v) is 10.4. The second-order valence-corrected chi connectivity index (χ2v) is 7.83. The SMILES string of the molecule is O=C(Cn1c(=O)c2cc(C(=O)NC3CCNC3)[nH]c2c2ccccc21)c1ccccc1. The van der Waals surface area contributed by atoms with Gasteiger partial charge >= 0.3 is 0 Å². The van der Waals surface area contributed by atoms with Crippen LogP contribution in [0.3, 0.4) is 0 Å². The Balaban J connectivity index is 1.59. The standard InChI is InChI=1S/C24H22N4O3/c29-21(15-6-2-1-3-7-15)14-28-20-9-5-4-8-17(20)22-18(24(28)31)12-19(27-22)23(30)26-16-10-11-25-13-16/h1-9,12,16,25,27H,10-11,13-14H2,(H,26,30). The van der Waals surface area contributed by atoms with E-state index in [0.717, 1.165) is 24.9 Å². The summed E-state index contributed by atoms with van der Waals surface area (Å²) in [5.41, 5.74) is 1.86. The smallest absolute Gasteiger partial charge is 0.267 e. The Morgan fingerprint density at radius 3 is 2.58 bits per heavy atom. The molecule has 156 valence electrons. The fraction of sp³-hybridized carbons (Fsp3) is 0.208. The lowest BCUT2D eigenvalue weighted by molar-refractivity contribution is 0.0934. The molecule has 1 fully saturated rings. The van der Waals surface area contributed by atoms with E-state index in [1.54, 1.807) is 30.3 Å². The first-order valence-electron chi connectivity index (χ1n) is 10.4. The molecule has 1 aliphatic heterocycles. The third-order valence-corrected chi connectivity index (χ3v) is 5.80. The fourth-order valence-electron chi connectivity index (χ4n) is 4.19. The van der Waals surface area contributed by atoms with Crippen LogP contribution in [0.2, 0.25) is 0 Å². The highest BCUT2D eigenvalue weighted by Gasteiger charge is 2.21. The minimum atomic E-state index is -0.296. The molecule has 4 aromatic rings. The van der Waals surface area contributed by atoms with Gasteiger partial charge in [-0.1, -0.05) is 48.5 Å². The van der Waals surface area contributed by atoms with Crippen molar-refractivity contribution in [2.75, 3.05) is 13.1 Å². The number of nitrogens with zero attached hydrogens (tertiary/aromatic N) is 1. The summed E-state index contributed by atoms with van der Waals surface area (Å²) in [5.74, 6) is -0.380. The first-order chi connectivity index (χ1) is 15.1. The maximum atomic E-state index is 13.3. The molecule has 3 N–H and O–H groups in total. The molecular weight excluding hydrogens is 392 g/mol. The normalized spacial score (nSPS) is 16.1. The number of nitrogens with one attached hydrogen (secondary N) is 3. The summed E-state index contributed by atoms with van der Waals surface area (Å²) >= 11 is 0. The van der Waals surface area contributed by atoms with E-state index in [4.69, 9.17) is 0 Å². The summed E-state index contributed by atoms with van der Waals surface area (Å²) in [6, 6.07) is 18.0. The molecule has 0 saturated carbocycles. The van der Waals surface area contributed by atoms with E-state index in [2.05, 4.69) is 15.6 Å². The molecule has 1 aliphatic rings. The van der Waals surface area contributed by atoms with Crippen LogP contribution >= 0.6 is 0 Å². The number of Topliss-reactive ketones (excluding diaryl/α,β-unsaturated/α-hetero) is 1. The number of amides is 1. The largest absolute Gasteiger partial charge is 0.350 e. The monoisotopic (exact) mass is 414 g/mol. The molecule has 1 saturated heterocycles. The highest BCUT2D eigenvalue weighted by atomic mass is 16.2. The third-order valence-electron chi connectivity index (χ3n) is 5.80. The molecular formula is C24H22N4O3. The number of ketones is 1. The molecule has 7 nitrogen and oxygen atoms in total. The van der Waals surface area contributed by atoms with Crippen molar-refractivity contribution < 1.29 is 9.59 Å². The zero-order valence-corrected chi connectivity index (χ0v) is 16.9. The fourth-order valence-corrected chi connectivity index (χ4v) is 4.19. The van der Waals surface area contributed by atoms with Crippen LogP contribution in [-0.4, -0.2) is 40.4 Å². The van der Waals surface area contributed by atoms with E-state index in [0.29, 0.717) is 27.7 Å².